The monoisotopic (exact) mass is 288 g/mol. The molecule has 1 aliphatic carbocycles. The maximum Gasteiger partial charge on any atom is 0.0730 e. The van der Waals surface area contributed by atoms with Crippen molar-refractivity contribution in [1.82, 2.24) is 10.2 Å². The van der Waals surface area contributed by atoms with Crippen molar-refractivity contribution in [3.05, 3.63) is 35.9 Å². The highest BCUT2D eigenvalue weighted by Crippen LogP contribution is 2.30. The smallest absolute Gasteiger partial charge is 0.0730 e. The Morgan fingerprint density at radius 3 is 2.95 bits per heavy atom. The average Bonchev–Trinajstić information content (AvgIpc) is 3.01. The van der Waals surface area contributed by atoms with Crippen LogP contribution in [-0.4, -0.2) is 43.3 Å². The van der Waals surface area contributed by atoms with Crippen LogP contribution in [0.3, 0.4) is 0 Å². The van der Waals surface area contributed by atoms with Crippen LogP contribution in [-0.2, 0) is 4.74 Å². The fourth-order valence-electron chi connectivity index (χ4n) is 3.76. The Hall–Kier alpha value is -0.900. The molecule has 1 N–H and O–H groups in total. The molecule has 3 atom stereocenters. The van der Waals surface area contributed by atoms with E-state index < -0.39 is 0 Å². The fourth-order valence-corrected chi connectivity index (χ4v) is 3.76. The standard InChI is InChI=1S/C18H28N2O/c1-2-11-19-16(15-7-4-3-5-8-15)14-20-12-13-21-18-10-6-9-17(18)20/h3-5,7-8,16-19H,2,6,9-14H2,1H3. The molecule has 3 rings (SSSR count). The Kier molecular flexibility index (Phi) is 5.28. The van der Waals surface area contributed by atoms with Crippen molar-refractivity contribution in [3.63, 3.8) is 0 Å². The summed E-state index contributed by atoms with van der Waals surface area (Å²) in [7, 11) is 0. The molecule has 1 saturated carbocycles. The lowest BCUT2D eigenvalue weighted by molar-refractivity contribution is -0.0582. The molecular formula is C18H28N2O. The minimum absolute atomic E-state index is 0.436. The van der Waals surface area contributed by atoms with E-state index in [-0.39, 0.29) is 0 Å². The molecule has 3 nitrogen and oxygen atoms in total. The summed E-state index contributed by atoms with van der Waals surface area (Å²) in [5, 5.41) is 3.73. The summed E-state index contributed by atoms with van der Waals surface area (Å²) in [5.41, 5.74) is 1.41. The molecule has 1 aromatic rings. The van der Waals surface area contributed by atoms with Gasteiger partial charge in [-0.05, 0) is 37.8 Å². The van der Waals surface area contributed by atoms with Crippen molar-refractivity contribution in [2.45, 2.75) is 50.8 Å². The van der Waals surface area contributed by atoms with Crippen LogP contribution in [0.5, 0.6) is 0 Å². The number of ether oxygens (including phenoxy) is 1. The summed E-state index contributed by atoms with van der Waals surface area (Å²) < 4.78 is 5.94. The van der Waals surface area contributed by atoms with Gasteiger partial charge in [0.15, 0.2) is 0 Å². The third kappa shape index (κ3) is 3.65. The first-order valence-electron chi connectivity index (χ1n) is 8.52. The Labute approximate surface area is 128 Å². The Bertz CT molecular complexity index is 422. The number of benzene rings is 1. The van der Waals surface area contributed by atoms with Gasteiger partial charge in [0, 0.05) is 25.2 Å². The van der Waals surface area contributed by atoms with Gasteiger partial charge >= 0.3 is 0 Å². The van der Waals surface area contributed by atoms with Crippen molar-refractivity contribution in [3.8, 4) is 0 Å². The Balaban J connectivity index is 1.68. The van der Waals surface area contributed by atoms with Crippen LogP contribution < -0.4 is 5.32 Å². The van der Waals surface area contributed by atoms with Gasteiger partial charge in [-0.15, -0.1) is 0 Å². The first-order valence-corrected chi connectivity index (χ1v) is 8.52. The summed E-state index contributed by atoms with van der Waals surface area (Å²) >= 11 is 0. The van der Waals surface area contributed by atoms with Crippen LogP contribution in [0.2, 0.25) is 0 Å². The highest BCUT2D eigenvalue weighted by atomic mass is 16.5. The van der Waals surface area contributed by atoms with Crippen molar-refractivity contribution in [2.75, 3.05) is 26.2 Å². The number of fused-ring (bicyclic) bond motifs is 1. The maximum atomic E-state index is 5.94. The molecular weight excluding hydrogens is 260 g/mol. The normalized spacial score (nSPS) is 27.5. The maximum absolute atomic E-state index is 5.94. The predicted octanol–water partition coefficient (Wildman–Crippen LogP) is 2.98. The quantitative estimate of drug-likeness (QED) is 0.871. The van der Waals surface area contributed by atoms with Gasteiger partial charge in [0.05, 0.1) is 12.7 Å². The SMILES string of the molecule is CCCNC(CN1CCOC2CCCC21)c1ccccc1. The number of morpholine rings is 1. The second-order valence-electron chi connectivity index (χ2n) is 6.32. The van der Waals surface area contributed by atoms with Crippen molar-refractivity contribution >= 4 is 0 Å². The van der Waals surface area contributed by atoms with Crippen molar-refractivity contribution in [1.29, 1.82) is 0 Å². The first kappa shape index (κ1) is 15.0. The molecule has 21 heavy (non-hydrogen) atoms. The lowest BCUT2D eigenvalue weighted by atomic mass is 10.0. The zero-order valence-corrected chi connectivity index (χ0v) is 13.1. The number of rotatable bonds is 6. The van der Waals surface area contributed by atoms with Gasteiger partial charge in [-0.25, -0.2) is 0 Å². The molecule has 0 bridgehead atoms. The second-order valence-corrected chi connectivity index (χ2v) is 6.32. The average molecular weight is 288 g/mol. The molecule has 1 saturated heterocycles. The van der Waals surface area contributed by atoms with Crippen LogP contribution in [0.4, 0.5) is 0 Å². The number of nitrogens with zero attached hydrogens (tertiary/aromatic N) is 1. The van der Waals surface area contributed by atoms with Crippen LogP contribution in [0.25, 0.3) is 0 Å². The van der Waals surface area contributed by atoms with E-state index in [2.05, 4.69) is 47.5 Å². The molecule has 1 aliphatic heterocycles. The summed E-state index contributed by atoms with van der Waals surface area (Å²) in [6.45, 7) is 6.40. The van der Waals surface area contributed by atoms with Crippen LogP contribution in [0, 0.1) is 0 Å². The molecule has 3 unspecified atom stereocenters. The molecule has 0 aromatic heterocycles. The van der Waals surface area contributed by atoms with Gasteiger partial charge < -0.3 is 10.1 Å². The summed E-state index contributed by atoms with van der Waals surface area (Å²) in [6, 6.07) is 12.0. The summed E-state index contributed by atoms with van der Waals surface area (Å²) in [4.78, 5) is 2.67. The Morgan fingerprint density at radius 2 is 2.14 bits per heavy atom. The van der Waals surface area contributed by atoms with E-state index >= 15 is 0 Å². The van der Waals surface area contributed by atoms with Gasteiger partial charge in [-0.3, -0.25) is 4.90 Å². The van der Waals surface area contributed by atoms with E-state index in [0.29, 0.717) is 18.2 Å². The molecule has 116 valence electrons. The summed E-state index contributed by atoms with van der Waals surface area (Å²) in [5.74, 6) is 0. The lowest BCUT2D eigenvalue weighted by Gasteiger charge is -2.39. The zero-order chi connectivity index (χ0) is 14.5. The van der Waals surface area contributed by atoms with E-state index in [1.807, 2.05) is 0 Å². The first-order chi connectivity index (χ1) is 10.4. The zero-order valence-electron chi connectivity index (χ0n) is 13.1. The van der Waals surface area contributed by atoms with E-state index in [1.165, 1.54) is 31.2 Å². The number of hydrogen-bond acceptors (Lipinski definition) is 3. The second kappa shape index (κ2) is 7.39. The van der Waals surface area contributed by atoms with Crippen molar-refractivity contribution < 1.29 is 4.74 Å². The lowest BCUT2D eigenvalue weighted by Crippen LogP contribution is -2.51. The van der Waals surface area contributed by atoms with Crippen LogP contribution >= 0.6 is 0 Å². The van der Waals surface area contributed by atoms with Gasteiger partial charge in [0.1, 0.15) is 0 Å². The van der Waals surface area contributed by atoms with Gasteiger partial charge in [-0.1, -0.05) is 37.3 Å². The molecule has 2 aliphatic rings. The van der Waals surface area contributed by atoms with E-state index in [4.69, 9.17) is 4.74 Å². The van der Waals surface area contributed by atoms with Gasteiger partial charge in [-0.2, -0.15) is 0 Å². The topological polar surface area (TPSA) is 24.5 Å². The van der Waals surface area contributed by atoms with Gasteiger partial charge in [0.2, 0.25) is 0 Å². The van der Waals surface area contributed by atoms with E-state index in [9.17, 15) is 0 Å². The summed E-state index contributed by atoms with van der Waals surface area (Å²) in [6.07, 6.45) is 5.55. The third-order valence-electron chi connectivity index (χ3n) is 4.86. The molecule has 0 spiro atoms. The molecule has 3 heteroatoms. The molecule has 1 heterocycles. The minimum Gasteiger partial charge on any atom is -0.375 e. The predicted molar refractivity (Wildman–Crippen MR) is 86.4 cm³/mol. The van der Waals surface area contributed by atoms with Gasteiger partial charge in [0.25, 0.3) is 0 Å². The minimum atomic E-state index is 0.436. The van der Waals surface area contributed by atoms with Crippen LogP contribution in [0.15, 0.2) is 30.3 Å². The van der Waals surface area contributed by atoms with E-state index in [1.54, 1.807) is 0 Å². The fraction of sp³-hybridized carbons (Fsp3) is 0.667. The number of nitrogens with one attached hydrogen (secondary N) is 1. The molecule has 0 amide bonds. The number of hydrogen-bond donors (Lipinski definition) is 1. The van der Waals surface area contributed by atoms with Crippen molar-refractivity contribution in [2.24, 2.45) is 0 Å². The molecule has 1 aromatic carbocycles. The largest absolute Gasteiger partial charge is 0.375 e. The Morgan fingerprint density at radius 1 is 1.29 bits per heavy atom. The molecule has 0 radical (unpaired) electrons. The highest BCUT2D eigenvalue weighted by molar-refractivity contribution is 5.19. The molecule has 2 fully saturated rings. The van der Waals surface area contributed by atoms with E-state index in [0.717, 1.165) is 26.2 Å². The van der Waals surface area contributed by atoms with Crippen LogP contribution in [0.1, 0.15) is 44.2 Å². The highest BCUT2D eigenvalue weighted by Gasteiger charge is 2.36. The third-order valence-corrected chi connectivity index (χ3v) is 4.86.